The van der Waals surface area contributed by atoms with Gasteiger partial charge in [-0.2, -0.15) is 13.2 Å². The zero-order valence-corrected chi connectivity index (χ0v) is 15.3. The summed E-state index contributed by atoms with van der Waals surface area (Å²) in [6.45, 7) is 5.39. The number of aromatic nitrogens is 1. The molecule has 1 N–H and O–H groups in total. The summed E-state index contributed by atoms with van der Waals surface area (Å²) in [4.78, 5) is 20.3. The summed E-state index contributed by atoms with van der Waals surface area (Å²) >= 11 is 6.02. The molecule has 2 aliphatic rings. The van der Waals surface area contributed by atoms with Gasteiger partial charge in [0, 0.05) is 50.9 Å². The van der Waals surface area contributed by atoms with E-state index in [0.717, 1.165) is 25.4 Å². The molecule has 0 radical (unpaired) electrons. The van der Waals surface area contributed by atoms with Gasteiger partial charge in [0.2, 0.25) is 5.91 Å². The minimum absolute atomic E-state index is 0.0134. The maximum atomic E-state index is 12.7. The molecule has 1 aromatic rings. The Morgan fingerprint density at radius 2 is 2.00 bits per heavy atom. The quantitative estimate of drug-likeness (QED) is 0.843. The molecule has 3 heterocycles. The number of piperazine rings is 1. The first-order valence-electron chi connectivity index (χ1n) is 8.75. The Morgan fingerprint density at radius 1 is 1.31 bits per heavy atom. The first-order chi connectivity index (χ1) is 12.3. The smallest absolute Gasteiger partial charge is 0.355 e. The second kappa shape index (κ2) is 7.60. The summed E-state index contributed by atoms with van der Waals surface area (Å²) in [5.74, 6) is 0.468. The Labute approximate surface area is 155 Å². The van der Waals surface area contributed by atoms with Crippen molar-refractivity contribution in [1.29, 1.82) is 0 Å². The number of amides is 1. The third-order valence-corrected chi connectivity index (χ3v) is 5.25. The minimum Gasteiger partial charge on any atom is -0.355 e. The van der Waals surface area contributed by atoms with Crippen LogP contribution in [0, 0.1) is 5.92 Å². The number of nitrogens with zero attached hydrogens (tertiary/aromatic N) is 3. The molecule has 1 unspecified atom stereocenters. The number of piperidine rings is 1. The van der Waals surface area contributed by atoms with Crippen LogP contribution in [0.4, 0.5) is 19.0 Å². The zero-order chi connectivity index (χ0) is 18.9. The first-order valence-corrected chi connectivity index (χ1v) is 9.13. The fourth-order valence-electron chi connectivity index (χ4n) is 3.55. The number of alkyl halides is 3. The molecule has 0 saturated carbocycles. The average Bonchev–Trinajstić information content (AvgIpc) is 2.60. The molecular weight excluding hydrogens is 369 g/mol. The van der Waals surface area contributed by atoms with Crippen LogP contribution < -0.4 is 10.2 Å². The van der Waals surface area contributed by atoms with Gasteiger partial charge in [0.15, 0.2) is 0 Å². The highest BCUT2D eigenvalue weighted by Crippen LogP contribution is 2.34. The molecule has 0 aliphatic carbocycles. The van der Waals surface area contributed by atoms with Crippen molar-refractivity contribution in [2.45, 2.75) is 32.0 Å². The first kappa shape index (κ1) is 19.2. The molecule has 0 spiro atoms. The average molecular weight is 391 g/mol. The van der Waals surface area contributed by atoms with Gasteiger partial charge in [-0.1, -0.05) is 11.6 Å². The van der Waals surface area contributed by atoms with Crippen molar-refractivity contribution in [3.05, 3.63) is 22.8 Å². The molecule has 1 atom stereocenters. The van der Waals surface area contributed by atoms with Crippen LogP contribution in [-0.4, -0.2) is 54.6 Å². The van der Waals surface area contributed by atoms with Crippen molar-refractivity contribution in [3.8, 4) is 0 Å². The van der Waals surface area contributed by atoms with E-state index in [2.05, 4.69) is 17.2 Å². The van der Waals surface area contributed by atoms with E-state index < -0.39 is 11.7 Å². The van der Waals surface area contributed by atoms with E-state index in [0.29, 0.717) is 44.3 Å². The van der Waals surface area contributed by atoms with Gasteiger partial charge in [0.1, 0.15) is 5.82 Å². The molecule has 9 heteroatoms. The topological polar surface area (TPSA) is 48.5 Å². The van der Waals surface area contributed by atoms with Crippen LogP contribution in [0.15, 0.2) is 12.3 Å². The highest BCUT2D eigenvalue weighted by Gasteiger charge is 2.34. The Balaban J connectivity index is 1.61. The van der Waals surface area contributed by atoms with E-state index in [9.17, 15) is 18.0 Å². The van der Waals surface area contributed by atoms with Crippen LogP contribution in [0.1, 0.15) is 25.3 Å². The number of hydrogen-bond donors (Lipinski definition) is 1. The summed E-state index contributed by atoms with van der Waals surface area (Å²) in [5, 5.41) is 3.30. The van der Waals surface area contributed by atoms with Gasteiger partial charge in [-0.3, -0.25) is 4.79 Å². The van der Waals surface area contributed by atoms with E-state index in [1.54, 1.807) is 0 Å². The SMILES string of the molecule is CC1CN(C(=O)C2CCN(c3ncc(C(F)(F)F)cc3Cl)CC2)CCN1. The zero-order valence-electron chi connectivity index (χ0n) is 14.5. The summed E-state index contributed by atoms with van der Waals surface area (Å²) in [5.41, 5.74) is -0.857. The maximum Gasteiger partial charge on any atom is 0.417 e. The third-order valence-electron chi connectivity index (χ3n) is 4.97. The molecule has 2 aliphatic heterocycles. The van der Waals surface area contributed by atoms with Gasteiger partial charge < -0.3 is 15.1 Å². The van der Waals surface area contributed by atoms with Gasteiger partial charge in [-0.05, 0) is 25.8 Å². The predicted molar refractivity (Wildman–Crippen MR) is 93.2 cm³/mol. The minimum atomic E-state index is -4.46. The summed E-state index contributed by atoms with van der Waals surface area (Å²) < 4.78 is 38.2. The van der Waals surface area contributed by atoms with Gasteiger partial charge in [0.25, 0.3) is 0 Å². The number of nitrogens with one attached hydrogen (secondary N) is 1. The Kier molecular flexibility index (Phi) is 5.62. The number of halogens is 4. The van der Waals surface area contributed by atoms with Crippen molar-refractivity contribution in [1.82, 2.24) is 15.2 Å². The van der Waals surface area contributed by atoms with Crippen LogP contribution in [0.25, 0.3) is 0 Å². The molecule has 0 aromatic carbocycles. The number of carbonyl (C=O) groups is 1. The second-order valence-electron chi connectivity index (χ2n) is 6.93. The molecule has 144 valence electrons. The number of anilines is 1. The second-order valence-corrected chi connectivity index (χ2v) is 7.34. The van der Waals surface area contributed by atoms with Crippen molar-refractivity contribution in [2.24, 2.45) is 5.92 Å². The highest BCUT2D eigenvalue weighted by atomic mass is 35.5. The summed E-state index contributed by atoms with van der Waals surface area (Å²) in [7, 11) is 0. The van der Waals surface area contributed by atoms with Crippen LogP contribution >= 0.6 is 11.6 Å². The highest BCUT2D eigenvalue weighted by molar-refractivity contribution is 6.33. The van der Waals surface area contributed by atoms with E-state index in [4.69, 9.17) is 11.6 Å². The number of rotatable bonds is 2. The largest absolute Gasteiger partial charge is 0.417 e. The van der Waals surface area contributed by atoms with Gasteiger partial charge in [-0.25, -0.2) is 4.98 Å². The lowest BCUT2D eigenvalue weighted by atomic mass is 9.94. The van der Waals surface area contributed by atoms with Crippen molar-refractivity contribution in [2.75, 3.05) is 37.6 Å². The van der Waals surface area contributed by atoms with Gasteiger partial charge in [-0.15, -0.1) is 0 Å². The Bertz CT molecular complexity index is 662. The van der Waals surface area contributed by atoms with Crippen molar-refractivity contribution < 1.29 is 18.0 Å². The molecule has 2 fully saturated rings. The fraction of sp³-hybridized carbons (Fsp3) is 0.647. The van der Waals surface area contributed by atoms with Crippen LogP contribution in [0.5, 0.6) is 0 Å². The maximum absolute atomic E-state index is 12.7. The Morgan fingerprint density at radius 3 is 2.58 bits per heavy atom. The van der Waals surface area contributed by atoms with Crippen molar-refractivity contribution >= 4 is 23.3 Å². The predicted octanol–water partition coefficient (Wildman–Crippen LogP) is 2.79. The molecule has 5 nitrogen and oxygen atoms in total. The molecule has 2 saturated heterocycles. The van der Waals surface area contributed by atoms with Gasteiger partial charge >= 0.3 is 6.18 Å². The van der Waals surface area contributed by atoms with E-state index in [1.165, 1.54) is 0 Å². The lowest BCUT2D eigenvalue weighted by Crippen LogP contribution is -2.53. The third kappa shape index (κ3) is 4.23. The molecule has 1 amide bonds. The lowest BCUT2D eigenvalue weighted by molar-refractivity contribution is -0.138. The molecule has 3 rings (SSSR count). The van der Waals surface area contributed by atoms with E-state index >= 15 is 0 Å². The fourth-order valence-corrected chi connectivity index (χ4v) is 3.83. The summed E-state index contributed by atoms with van der Waals surface area (Å²) in [6.07, 6.45) is -2.36. The van der Waals surface area contributed by atoms with Gasteiger partial charge in [0.05, 0.1) is 10.6 Å². The number of carbonyl (C=O) groups excluding carboxylic acids is 1. The lowest BCUT2D eigenvalue weighted by Gasteiger charge is -2.38. The van der Waals surface area contributed by atoms with Crippen molar-refractivity contribution in [3.63, 3.8) is 0 Å². The van der Waals surface area contributed by atoms with E-state index in [-0.39, 0.29) is 16.8 Å². The molecule has 26 heavy (non-hydrogen) atoms. The summed E-state index contributed by atoms with van der Waals surface area (Å²) in [6, 6.07) is 1.20. The molecular formula is C17H22ClF3N4O. The van der Waals surface area contributed by atoms with Crippen LogP contribution in [0.3, 0.4) is 0 Å². The normalized spacial score (nSPS) is 22.6. The monoisotopic (exact) mass is 390 g/mol. The molecule has 1 aromatic heterocycles. The standard InChI is InChI=1S/C17H22ClF3N4O/c1-11-10-25(7-4-22-11)16(26)12-2-5-24(6-3-12)15-14(18)8-13(9-23-15)17(19,20)21/h8-9,11-12,22H,2-7,10H2,1H3. The molecule has 0 bridgehead atoms. The Hall–Kier alpha value is -1.54. The van der Waals surface area contributed by atoms with E-state index in [1.807, 2.05) is 9.80 Å². The number of pyridine rings is 1. The number of hydrogen-bond acceptors (Lipinski definition) is 4. The van der Waals surface area contributed by atoms with Crippen LogP contribution in [0.2, 0.25) is 5.02 Å². The van der Waals surface area contributed by atoms with Crippen LogP contribution in [-0.2, 0) is 11.0 Å².